The van der Waals surface area contributed by atoms with E-state index in [1.165, 1.54) is 6.07 Å². The fourth-order valence-electron chi connectivity index (χ4n) is 2.16. The lowest BCUT2D eigenvalue weighted by Gasteiger charge is -2.17. The molecule has 1 N–H and O–H groups in total. The van der Waals surface area contributed by atoms with Crippen molar-refractivity contribution < 1.29 is 4.39 Å². The zero-order chi connectivity index (χ0) is 14.5. The van der Waals surface area contributed by atoms with E-state index in [2.05, 4.69) is 5.32 Å². The molecule has 0 bridgehead atoms. The molecule has 0 saturated carbocycles. The summed E-state index contributed by atoms with van der Waals surface area (Å²) in [5.41, 5.74) is 1.71. The van der Waals surface area contributed by atoms with Gasteiger partial charge in [0.25, 0.3) is 0 Å². The van der Waals surface area contributed by atoms with E-state index in [1.54, 1.807) is 12.1 Å². The summed E-state index contributed by atoms with van der Waals surface area (Å²) in [6.07, 6.45) is 1.34. The van der Waals surface area contributed by atoms with Crippen molar-refractivity contribution in [3.05, 3.63) is 69.5 Å². The van der Waals surface area contributed by atoms with E-state index in [-0.39, 0.29) is 11.9 Å². The van der Waals surface area contributed by atoms with Crippen LogP contribution in [0.3, 0.4) is 0 Å². The first-order valence-corrected chi connectivity index (χ1v) is 7.20. The van der Waals surface area contributed by atoms with Crippen molar-refractivity contribution >= 4 is 23.2 Å². The lowest BCUT2D eigenvalue weighted by Crippen LogP contribution is -2.30. The van der Waals surface area contributed by atoms with Crippen LogP contribution in [0, 0.1) is 5.82 Å². The van der Waals surface area contributed by atoms with Gasteiger partial charge in [-0.25, -0.2) is 4.39 Å². The van der Waals surface area contributed by atoms with E-state index < -0.39 is 0 Å². The Labute approximate surface area is 128 Å². The molecule has 4 heteroatoms. The summed E-state index contributed by atoms with van der Waals surface area (Å²) in [5, 5.41) is 4.40. The van der Waals surface area contributed by atoms with Gasteiger partial charge in [0.15, 0.2) is 0 Å². The lowest BCUT2D eigenvalue weighted by atomic mass is 9.99. The fourth-order valence-corrected chi connectivity index (χ4v) is 2.52. The van der Waals surface area contributed by atoms with Crippen LogP contribution >= 0.6 is 23.2 Å². The standard InChI is InChI=1S/C16H16Cl2FN/c1-20-13(9-11-5-7-12(17)8-6-11)10-14-15(18)3-2-4-16(14)19/h2-8,13,20H,9-10H2,1H3. The van der Waals surface area contributed by atoms with Gasteiger partial charge < -0.3 is 5.32 Å². The molecule has 2 aromatic rings. The molecular weight excluding hydrogens is 296 g/mol. The Morgan fingerprint density at radius 1 is 1.05 bits per heavy atom. The van der Waals surface area contributed by atoms with Crippen LogP contribution in [-0.4, -0.2) is 13.1 Å². The number of hydrogen-bond acceptors (Lipinski definition) is 1. The largest absolute Gasteiger partial charge is 0.316 e. The first-order valence-electron chi connectivity index (χ1n) is 6.44. The zero-order valence-corrected chi connectivity index (χ0v) is 12.7. The summed E-state index contributed by atoms with van der Waals surface area (Å²) in [7, 11) is 1.87. The number of benzene rings is 2. The Hall–Kier alpha value is -1.09. The summed E-state index contributed by atoms with van der Waals surface area (Å²) in [6.45, 7) is 0. The number of hydrogen-bond donors (Lipinski definition) is 1. The molecule has 0 amide bonds. The van der Waals surface area contributed by atoms with Crippen molar-refractivity contribution in [1.29, 1.82) is 0 Å². The topological polar surface area (TPSA) is 12.0 Å². The van der Waals surface area contributed by atoms with Crippen molar-refractivity contribution in [2.24, 2.45) is 0 Å². The van der Waals surface area contributed by atoms with E-state index in [0.717, 1.165) is 12.0 Å². The Balaban J connectivity index is 2.11. The molecule has 106 valence electrons. The first kappa shape index (κ1) is 15.3. The van der Waals surface area contributed by atoms with Crippen LogP contribution in [0.1, 0.15) is 11.1 Å². The normalized spacial score (nSPS) is 12.4. The van der Waals surface area contributed by atoms with Gasteiger partial charge in [-0.3, -0.25) is 0 Å². The molecule has 0 heterocycles. The smallest absolute Gasteiger partial charge is 0.127 e. The number of rotatable bonds is 5. The molecule has 1 unspecified atom stereocenters. The lowest BCUT2D eigenvalue weighted by molar-refractivity contribution is 0.532. The second-order valence-electron chi connectivity index (χ2n) is 4.72. The summed E-state index contributed by atoms with van der Waals surface area (Å²) in [4.78, 5) is 0. The van der Waals surface area contributed by atoms with Gasteiger partial charge in [0.05, 0.1) is 0 Å². The third-order valence-electron chi connectivity index (χ3n) is 3.32. The van der Waals surface area contributed by atoms with Gasteiger partial charge in [0.2, 0.25) is 0 Å². The minimum Gasteiger partial charge on any atom is -0.316 e. The summed E-state index contributed by atoms with van der Waals surface area (Å²) in [5.74, 6) is -0.256. The van der Waals surface area contributed by atoms with Gasteiger partial charge in [0, 0.05) is 21.7 Å². The van der Waals surface area contributed by atoms with Crippen LogP contribution in [0.5, 0.6) is 0 Å². The molecule has 0 aliphatic carbocycles. The monoisotopic (exact) mass is 311 g/mol. The second kappa shape index (κ2) is 7.07. The first-order chi connectivity index (χ1) is 9.60. The number of likely N-dealkylation sites (N-methyl/N-ethyl adjacent to an activating group) is 1. The quantitative estimate of drug-likeness (QED) is 0.857. The molecule has 2 rings (SSSR count). The minimum atomic E-state index is -0.256. The van der Waals surface area contributed by atoms with Crippen LogP contribution in [0.4, 0.5) is 4.39 Å². The van der Waals surface area contributed by atoms with Crippen molar-refractivity contribution in [2.75, 3.05) is 7.05 Å². The molecule has 0 aliphatic heterocycles. The SMILES string of the molecule is CNC(Cc1ccc(Cl)cc1)Cc1c(F)cccc1Cl. The van der Waals surface area contributed by atoms with Crippen LogP contribution < -0.4 is 5.32 Å². The average molecular weight is 312 g/mol. The number of nitrogens with one attached hydrogen (secondary N) is 1. The molecule has 1 nitrogen and oxygen atoms in total. The third-order valence-corrected chi connectivity index (χ3v) is 3.92. The van der Waals surface area contributed by atoms with Crippen molar-refractivity contribution in [1.82, 2.24) is 5.32 Å². The second-order valence-corrected chi connectivity index (χ2v) is 5.56. The van der Waals surface area contributed by atoms with Gasteiger partial charge in [-0.1, -0.05) is 41.4 Å². The maximum Gasteiger partial charge on any atom is 0.127 e. The Kier molecular flexibility index (Phi) is 5.41. The molecule has 20 heavy (non-hydrogen) atoms. The fraction of sp³-hybridized carbons (Fsp3) is 0.250. The van der Waals surface area contributed by atoms with Gasteiger partial charge in [-0.15, -0.1) is 0 Å². The highest BCUT2D eigenvalue weighted by Gasteiger charge is 2.14. The van der Waals surface area contributed by atoms with Gasteiger partial charge >= 0.3 is 0 Å². The van der Waals surface area contributed by atoms with Crippen LogP contribution in [0.25, 0.3) is 0 Å². The summed E-state index contributed by atoms with van der Waals surface area (Å²) >= 11 is 11.9. The maximum atomic E-state index is 13.8. The molecule has 0 aromatic heterocycles. The number of halogens is 3. The Morgan fingerprint density at radius 3 is 2.35 bits per heavy atom. The molecule has 1 atom stereocenters. The molecular formula is C16H16Cl2FN. The molecule has 0 fully saturated rings. The Bertz CT molecular complexity index is 549. The molecule has 0 aliphatic rings. The maximum absolute atomic E-state index is 13.8. The van der Waals surface area contributed by atoms with Gasteiger partial charge in [0.1, 0.15) is 5.82 Å². The van der Waals surface area contributed by atoms with E-state index >= 15 is 0 Å². The van der Waals surface area contributed by atoms with Crippen LogP contribution in [0.15, 0.2) is 42.5 Å². The van der Waals surface area contributed by atoms with Crippen molar-refractivity contribution in [2.45, 2.75) is 18.9 Å². The predicted octanol–water partition coefficient (Wildman–Crippen LogP) is 4.51. The molecule has 2 aromatic carbocycles. The van der Waals surface area contributed by atoms with E-state index in [1.807, 2.05) is 31.3 Å². The zero-order valence-electron chi connectivity index (χ0n) is 11.2. The summed E-state index contributed by atoms with van der Waals surface area (Å²) in [6, 6.07) is 12.6. The highest BCUT2D eigenvalue weighted by atomic mass is 35.5. The van der Waals surface area contributed by atoms with Crippen LogP contribution in [-0.2, 0) is 12.8 Å². The summed E-state index contributed by atoms with van der Waals surface area (Å²) < 4.78 is 13.8. The highest BCUT2D eigenvalue weighted by Crippen LogP contribution is 2.21. The third kappa shape index (κ3) is 3.95. The minimum absolute atomic E-state index is 0.116. The van der Waals surface area contributed by atoms with Gasteiger partial charge in [-0.05, 0) is 49.7 Å². The molecule has 0 spiro atoms. The average Bonchev–Trinajstić information content (AvgIpc) is 2.44. The van der Waals surface area contributed by atoms with E-state index in [9.17, 15) is 4.39 Å². The van der Waals surface area contributed by atoms with E-state index in [4.69, 9.17) is 23.2 Å². The van der Waals surface area contributed by atoms with Crippen molar-refractivity contribution in [3.63, 3.8) is 0 Å². The molecule has 0 saturated heterocycles. The van der Waals surface area contributed by atoms with E-state index in [0.29, 0.717) is 22.0 Å². The highest BCUT2D eigenvalue weighted by molar-refractivity contribution is 6.31. The van der Waals surface area contributed by atoms with Gasteiger partial charge in [-0.2, -0.15) is 0 Å². The molecule has 0 radical (unpaired) electrons. The Morgan fingerprint density at radius 2 is 1.75 bits per heavy atom. The predicted molar refractivity (Wildman–Crippen MR) is 83.1 cm³/mol. The van der Waals surface area contributed by atoms with Crippen molar-refractivity contribution in [3.8, 4) is 0 Å². The van der Waals surface area contributed by atoms with Crippen LogP contribution in [0.2, 0.25) is 10.0 Å².